The number of Topliss-reactive ketones (excluding diaryl/α,β-unsaturated/α-hetero) is 1. The number of amides is 1. The molecule has 36 heavy (non-hydrogen) atoms. The molecule has 2 aliphatic heterocycles. The molecular formula is C29H24F3NO3. The topological polar surface area (TPSA) is 46.6 Å². The summed E-state index contributed by atoms with van der Waals surface area (Å²) in [4.78, 5) is 27.8. The van der Waals surface area contributed by atoms with Crippen LogP contribution in [0.5, 0.6) is 0 Å². The molecule has 2 heterocycles. The van der Waals surface area contributed by atoms with Gasteiger partial charge in [0.1, 0.15) is 12.4 Å². The van der Waals surface area contributed by atoms with E-state index in [2.05, 4.69) is 24.3 Å². The van der Waals surface area contributed by atoms with Crippen molar-refractivity contribution in [1.29, 1.82) is 0 Å². The first-order chi connectivity index (χ1) is 17.4. The molecule has 0 N–H and O–H groups in total. The molecule has 2 fully saturated rings. The molecule has 2 bridgehead atoms. The third-order valence-electron chi connectivity index (χ3n) is 7.91. The minimum atomic E-state index is -1.38. The molecule has 0 saturated carbocycles. The summed E-state index contributed by atoms with van der Waals surface area (Å²) in [6.45, 7) is 0.207. The lowest BCUT2D eigenvalue weighted by molar-refractivity contribution is 0.0504. The molecule has 184 valence electrons. The molecule has 7 heteroatoms. The van der Waals surface area contributed by atoms with Crippen molar-refractivity contribution in [1.82, 2.24) is 4.90 Å². The normalized spacial score (nSPS) is 22.3. The smallest absolute Gasteiger partial charge is 0.410 e. The van der Waals surface area contributed by atoms with Crippen LogP contribution < -0.4 is 0 Å². The Labute approximate surface area is 206 Å². The van der Waals surface area contributed by atoms with Gasteiger partial charge in [0.05, 0.1) is 5.56 Å². The van der Waals surface area contributed by atoms with E-state index in [9.17, 15) is 22.8 Å². The molecule has 2 unspecified atom stereocenters. The van der Waals surface area contributed by atoms with Crippen LogP contribution in [0.1, 0.15) is 53.1 Å². The van der Waals surface area contributed by atoms with Crippen molar-refractivity contribution in [3.63, 3.8) is 0 Å². The Morgan fingerprint density at radius 2 is 1.44 bits per heavy atom. The van der Waals surface area contributed by atoms with Crippen molar-refractivity contribution in [2.75, 3.05) is 6.61 Å². The highest BCUT2D eigenvalue weighted by molar-refractivity contribution is 5.98. The summed E-state index contributed by atoms with van der Waals surface area (Å²) >= 11 is 0. The summed E-state index contributed by atoms with van der Waals surface area (Å²) in [7, 11) is 0. The van der Waals surface area contributed by atoms with E-state index in [-0.39, 0.29) is 24.6 Å². The van der Waals surface area contributed by atoms with Gasteiger partial charge in [-0.3, -0.25) is 4.79 Å². The van der Waals surface area contributed by atoms with Crippen LogP contribution >= 0.6 is 0 Å². The number of ketones is 1. The number of piperidine rings is 1. The molecule has 1 aliphatic carbocycles. The third kappa shape index (κ3) is 3.69. The predicted octanol–water partition coefficient (Wildman–Crippen LogP) is 6.48. The van der Waals surface area contributed by atoms with Crippen molar-refractivity contribution >= 4 is 11.9 Å². The molecule has 0 aromatic heterocycles. The van der Waals surface area contributed by atoms with Gasteiger partial charge in [0.2, 0.25) is 0 Å². The molecule has 3 aliphatic rings. The number of nitrogens with zero attached hydrogens (tertiary/aromatic N) is 1. The van der Waals surface area contributed by atoms with Crippen LogP contribution in [0.2, 0.25) is 0 Å². The summed E-state index contributed by atoms with van der Waals surface area (Å²) in [5.74, 6) is -4.96. The second-order valence-corrected chi connectivity index (χ2v) is 9.88. The van der Waals surface area contributed by atoms with Gasteiger partial charge in [-0.1, -0.05) is 48.5 Å². The van der Waals surface area contributed by atoms with Crippen molar-refractivity contribution in [2.24, 2.45) is 5.92 Å². The zero-order valence-corrected chi connectivity index (χ0v) is 19.4. The van der Waals surface area contributed by atoms with Crippen LogP contribution in [-0.2, 0) is 4.74 Å². The zero-order valence-electron chi connectivity index (χ0n) is 19.4. The number of halogens is 3. The van der Waals surface area contributed by atoms with Gasteiger partial charge in [-0.2, -0.15) is 0 Å². The van der Waals surface area contributed by atoms with E-state index in [0.29, 0.717) is 31.7 Å². The Balaban J connectivity index is 1.16. The summed E-state index contributed by atoms with van der Waals surface area (Å²) < 4.78 is 47.3. The van der Waals surface area contributed by atoms with E-state index >= 15 is 0 Å². The lowest BCUT2D eigenvalue weighted by atomic mass is 9.84. The van der Waals surface area contributed by atoms with Crippen LogP contribution in [0.3, 0.4) is 0 Å². The maximum absolute atomic E-state index is 14.2. The average Bonchev–Trinajstić information content (AvgIpc) is 3.34. The lowest BCUT2D eigenvalue weighted by Gasteiger charge is -2.37. The van der Waals surface area contributed by atoms with Gasteiger partial charge in [-0.05, 0) is 54.0 Å². The maximum Gasteiger partial charge on any atom is 0.410 e. The summed E-state index contributed by atoms with van der Waals surface area (Å²) in [5.41, 5.74) is 3.99. The second kappa shape index (κ2) is 8.80. The monoisotopic (exact) mass is 491 g/mol. The standard InChI is InChI=1S/C29H24F3NO3/c30-17-13-24(27(32)26(31)14-17)28(34)16-11-18-9-10-19(12-16)33(18)29(35)36-15-25-22-7-3-1-5-20(22)21-6-2-4-8-23(21)25/h1-8,13-14,16,18-19,25H,9-12,15H2. The SMILES string of the molecule is O=C(c1cc(F)cc(F)c1F)C1CC2CCC(C1)N2C(=O)OCC1c2ccccc2-c2ccccc21. The minimum absolute atomic E-state index is 0.0519. The van der Waals surface area contributed by atoms with Crippen LogP contribution in [0.4, 0.5) is 18.0 Å². The second-order valence-electron chi connectivity index (χ2n) is 9.88. The van der Waals surface area contributed by atoms with Crippen LogP contribution in [0, 0.1) is 23.4 Å². The highest BCUT2D eigenvalue weighted by Crippen LogP contribution is 2.45. The highest BCUT2D eigenvalue weighted by Gasteiger charge is 2.46. The van der Waals surface area contributed by atoms with Gasteiger partial charge >= 0.3 is 6.09 Å². The first kappa shape index (κ1) is 22.8. The molecule has 0 radical (unpaired) electrons. The minimum Gasteiger partial charge on any atom is -0.448 e. The highest BCUT2D eigenvalue weighted by atomic mass is 19.2. The van der Waals surface area contributed by atoms with Gasteiger partial charge in [0.15, 0.2) is 17.4 Å². The van der Waals surface area contributed by atoms with Gasteiger partial charge in [0, 0.05) is 30.0 Å². The fourth-order valence-corrected chi connectivity index (χ4v) is 6.31. The van der Waals surface area contributed by atoms with E-state index < -0.39 is 40.8 Å². The zero-order chi connectivity index (χ0) is 25.0. The third-order valence-corrected chi connectivity index (χ3v) is 7.91. The van der Waals surface area contributed by atoms with E-state index in [1.54, 1.807) is 4.90 Å². The van der Waals surface area contributed by atoms with Crippen molar-refractivity contribution in [3.8, 4) is 11.1 Å². The Morgan fingerprint density at radius 1 is 0.861 bits per heavy atom. The number of carbonyl (C=O) groups excluding carboxylic acids is 2. The van der Waals surface area contributed by atoms with Crippen molar-refractivity contribution in [2.45, 2.75) is 43.7 Å². The molecule has 4 nitrogen and oxygen atoms in total. The number of rotatable bonds is 4. The van der Waals surface area contributed by atoms with Crippen LogP contribution in [-0.4, -0.2) is 35.5 Å². The predicted molar refractivity (Wildman–Crippen MR) is 127 cm³/mol. The Hall–Kier alpha value is -3.61. The molecule has 0 spiro atoms. The molecule has 3 aromatic rings. The Kier molecular flexibility index (Phi) is 5.58. The Bertz CT molecular complexity index is 1310. The van der Waals surface area contributed by atoms with E-state index in [1.165, 1.54) is 0 Å². The van der Waals surface area contributed by atoms with Gasteiger partial charge in [-0.15, -0.1) is 0 Å². The number of benzene rings is 3. The van der Waals surface area contributed by atoms with Gasteiger partial charge in [0.25, 0.3) is 0 Å². The molecule has 2 saturated heterocycles. The quantitative estimate of drug-likeness (QED) is 0.310. The number of fused-ring (bicyclic) bond motifs is 5. The largest absolute Gasteiger partial charge is 0.448 e. The fraction of sp³-hybridized carbons (Fsp3) is 0.310. The molecule has 2 atom stereocenters. The lowest BCUT2D eigenvalue weighted by Crippen LogP contribution is -2.48. The van der Waals surface area contributed by atoms with E-state index in [0.717, 1.165) is 28.3 Å². The number of hydrogen-bond acceptors (Lipinski definition) is 3. The van der Waals surface area contributed by atoms with Crippen LogP contribution in [0.25, 0.3) is 11.1 Å². The molecule has 1 amide bonds. The van der Waals surface area contributed by atoms with E-state index in [4.69, 9.17) is 4.74 Å². The van der Waals surface area contributed by atoms with E-state index in [1.807, 2.05) is 24.3 Å². The first-order valence-corrected chi connectivity index (χ1v) is 12.2. The fourth-order valence-electron chi connectivity index (χ4n) is 6.31. The van der Waals surface area contributed by atoms with Crippen molar-refractivity contribution in [3.05, 3.63) is 94.8 Å². The molecule has 6 rings (SSSR count). The summed E-state index contributed by atoms with van der Waals surface area (Å²) in [5, 5.41) is 0. The van der Waals surface area contributed by atoms with Gasteiger partial charge < -0.3 is 9.64 Å². The molecule has 3 aromatic carbocycles. The maximum atomic E-state index is 14.2. The van der Waals surface area contributed by atoms with Crippen molar-refractivity contribution < 1.29 is 27.5 Å². The molecular weight excluding hydrogens is 467 g/mol. The number of hydrogen-bond donors (Lipinski definition) is 0. The average molecular weight is 492 g/mol. The summed E-state index contributed by atoms with van der Waals surface area (Å²) in [6.07, 6.45) is 1.63. The number of carbonyl (C=O) groups is 2. The Morgan fingerprint density at radius 3 is 2.06 bits per heavy atom. The number of ether oxygens (including phenoxy) is 1. The first-order valence-electron chi connectivity index (χ1n) is 12.2. The van der Waals surface area contributed by atoms with Crippen LogP contribution in [0.15, 0.2) is 60.7 Å². The van der Waals surface area contributed by atoms with Gasteiger partial charge in [-0.25, -0.2) is 18.0 Å². The summed E-state index contributed by atoms with van der Waals surface area (Å²) in [6, 6.07) is 16.9.